The lowest BCUT2D eigenvalue weighted by molar-refractivity contribution is -0.275. The van der Waals surface area contributed by atoms with E-state index in [2.05, 4.69) is 10.6 Å². The van der Waals surface area contributed by atoms with Crippen LogP contribution >= 0.6 is 0 Å². The zero-order chi connectivity index (χ0) is 31.8. The van der Waals surface area contributed by atoms with Crippen LogP contribution < -0.4 is 15.7 Å². The van der Waals surface area contributed by atoms with Gasteiger partial charge in [-0.2, -0.15) is 0 Å². The van der Waals surface area contributed by atoms with E-state index in [1.54, 1.807) is 20.8 Å². The normalized spacial score (nSPS) is 21.3. The molecule has 0 radical (unpaired) electrons. The van der Waals surface area contributed by atoms with Crippen LogP contribution in [0.3, 0.4) is 0 Å². The summed E-state index contributed by atoms with van der Waals surface area (Å²) in [6.07, 6.45) is -0.149. The van der Waals surface area contributed by atoms with Gasteiger partial charge < -0.3 is 40.8 Å². The maximum absolute atomic E-state index is 13.5. The first-order chi connectivity index (χ1) is 20.2. The molecule has 1 fully saturated rings. The van der Waals surface area contributed by atoms with Crippen molar-refractivity contribution in [2.24, 2.45) is 5.41 Å². The number of amides is 2. The lowest BCUT2D eigenvalue weighted by Gasteiger charge is -2.46. The molecule has 0 aromatic heterocycles. The van der Waals surface area contributed by atoms with Gasteiger partial charge in [-0.05, 0) is 64.0 Å². The number of hydrogen-bond donors (Lipinski definition) is 5. The van der Waals surface area contributed by atoms with Gasteiger partial charge in [0.05, 0.1) is 24.3 Å². The van der Waals surface area contributed by atoms with Crippen LogP contribution in [0.1, 0.15) is 71.4 Å². The maximum Gasteiger partial charge on any atom is 0.252 e. The number of carbonyl (C=O) groups excluding carboxylic acids is 2. The van der Waals surface area contributed by atoms with Crippen molar-refractivity contribution in [3.8, 4) is 0 Å². The van der Waals surface area contributed by atoms with Gasteiger partial charge in [-0.3, -0.25) is 4.79 Å². The van der Waals surface area contributed by atoms with Crippen LogP contribution in [0.2, 0.25) is 0 Å². The van der Waals surface area contributed by atoms with Crippen molar-refractivity contribution in [3.63, 3.8) is 0 Å². The number of nitrogens with zero attached hydrogens (tertiary/aromatic N) is 1. The Morgan fingerprint density at radius 1 is 0.884 bits per heavy atom. The minimum Gasteiger partial charge on any atom is -0.530 e. The SMILES string of the molecule is CC(C)(C)N(C(=O)[O-])[C@@H](Cc1ccccc1)[C@H](O)CNC[C@@H](O)[C@H](Cc1ccccc1)NC(=O)C1(O)CCCCC1(C)C. The number of carboxylic acid groups (broad SMARTS) is 1. The number of carbonyl (C=O) groups is 2. The van der Waals surface area contributed by atoms with Crippen LogP contribution in [0.15, 0.2) is 60.7 Å². The molecule has 1 aliphatic carbocycles. The summed E-state index contributed by atoms with van der Waals surface area (Å²) in [6, 6.07) is 17.3. The topological polar surface area (TPSA) is 145 Å². The standard InChI is InChI=1S/C34H51N3O6/c1-32(2,3)37(31(41)42)27(21-25-16-10-7-11-17-25)29(39)23-35-22-28(38)26(20-24-14-8-6-9-15-24)36-30(40)34(43)19-13-12-18-33(34,4)5/h6-11,14-17,26-29,35,38-39,43H,12-13,18-23H2,1-5H3,(H,36,40)(H,41,42)/p-1/t26-,27-,28+,29+,34?/m0/s1. The molecule has 5 atom stereocenters. The summed E-state index contributed by atoms with van der Waals surface area (Å²) in [5.74, 6) is -0.491. The van der Waals surface area contributed by atoms with Crippen molar-refractivity contribution >= 4 is 12.0 Å². The van der Waals surface area contributed by atoms with E-state index in [4.69, 9.17) is 0 Å². The van der Waals surface area contributed by atoms with E-state index in [0.717, 1.165) is 30.4 Å². The van der Waals surface area contributed by atoms with Gasteiger partial charge in [-0.1, -0.05) is 80.9 Å². The smallest absolute Gasteiger partial charge is 0.252 e. The first-order valence-corrected chi connectivity index (χ1v) is 15.3. The highest BCUT2D eigenvalue weighted by molar-refractivity contribution is 5.86. The average Bonchev–Trinajstić information content (AvgIpc) is 2.94. The monoisotopic (exact) mass is 596 g/mol. The summed E-state index contributed by atoms with van der Waals surface area (Å²) in [5.41, 5.74) is -1.19. The molecule has 0 heterocycles. The highest BCUT2D eigenvalue weighted by Crippen LogP contribution is 2.44. The van der Waals surface area contributed by atoms with E-state index < -0.39 is 52.8 Å². The van der Waals surface area contributed by atoms with Crippen LogP contribution in [0.25, 0.3) is 0 Å². The number of benzene rings is 2. The molecule has 0 bridgehead atoms. The first kappa shape index (κ1) is 34.5. The molecule has 2 aromatic carbocycles. The Morgan fingerprint density at radius 3 is 1.91 bits per heavy atom. The van der Waals surface area contributed by atoms with E-state index in [1.165, 1.54) is 4.90 Å². The molecule has 238 valence electrons. The molecule has 1 aliphatic rings. The van der Waals surface area contributed by atoms with Crippen molar-refractivity contribution < 1.29 is 30.0 Å². The lowest BCUT2D eigenvalue weighted by Crippen LogP contribution is -2.62. The first-order valence-electron chi connectivity index (χ1n) is 15.3. The van der Waals surface area contributed by atoms with Gasteiger partial charge in [0.2, 0.25) is 0 Å². The Morgan fingerprint density at radius 2 is 1.40 bits per heavy atom. The molecule has 1 unspecified atom stereocenters. The molecule has 0 spiro atoms. The van der Waals surface area contributed by atoms with Crippen molar-refractivity contribution in [2.75, 3.05) is 13.1 Å². The van der Waals surface area contributed by atoms with E-state index in [9.17, 15) is 30.0 Å². The zero-order valence-corrected chi connectivity index (χ0v) is 26.3. The Balaban J connectivity index is 1.74. The van der Waals surface area contributed by atoms with Crippen molar-refractivity contribution in [1.29, 1.82) is 0 Å². The predicted octanol–water partition coefficient (Wildman–Crippen LogP) is 2.41. The van der Waals surface area contributed by atoms with Gasteiger partial charge in [0.15, 0.2) is 0 Å². The lowest BCUT2D eigenvalue weighted by atomic mass is 9.65. The Labute approximate surface area is 256 Å². The molecule has 9 heteroatoms. The van der Waals surface area contributed by atoms with Crippen molar-refractivity contribution in [1.82, 2.24) is 15.5 Å². The number of hydrogen-bond acceptors (Lipinski definition) is 7. The summed E-state index contributed by atoms with van der Waals surface area (Å²) in [7, 11) is 0. The number of aliphatic hydroxyl groups excluding tert-OH is 2. The van der Waals surface area contributed by atoms with E-state index in [0.29, 0.717) is 12.8 Å². The summed E-state index contributed by atoms with van der Waals surface area (Å²) in [5, 5.41) is 52.3. The number of rotatable bonds is 13. The number of nitrogens with one attached hydrogen (secondary N) is 2. The fourth-order valence-corrected chi connectivity index (χ4v) is 6.17. The Hall–Kier alpha value is -2.98. The third-order valence-corrected chi connectivity index (χ3v) is 8.85. The summed E-state index contributed by atoms with van der Waals surface area (Å²) >= 11 is 0. The van der Waals surface area contributed by atoms with Gasteiger partial charge in [0.25, 0.3) is 5.91 Å². The van der Waals surface area contributed by atoms with Gasteiger partial charge in [0.1, 0.15) is 11.7 Å². The quantitative estimate of drug-likeness (QED) is 0.239. The third kappa shape index (κ3) is 9.01. The minimum atomic E-state index is -1.55. The van der Waals surface area contributed by atoms with Gasteiger partial charge in [0, 0.05) is 24.0 Å². The van der Waals surface area contributed by atoms with Gasteiger partial charge >= 0.3 is 0 Å². The zero-order valence-electron chi connectivity index (χ0n) is 26.3. The van der Waals surface area contributed by atoms with Crippen LogP contribution in [0.4, 0.5) is 4.79 Å². The molecule has 9 nitrogen and oxygen atoms in total. The van der Waals surface area contributed by atoms with Crippen LogP contribution in [0.5, 0.6) is 0 Å². The second-order valence-corrected chi connectivity index (χ2v) is 13.6. The van der Waals surface area contributed by atoms with Crippen molar-refractivity contribution in [2.45, 2.75) is 109 Å². The van der Waals surface area contributed by atoms with Crippen LogP contribution in [0, 0.1) is 5.41 Å². The second kappa shape index (κ2) is 14.7. The van der Waals surface area contributed by atoms with E-state index in [1.807, 2.05) is 74.5 Å². The summed E-state index contributed by atoms with van der Waals surface area (Å²) in [4.78, 5) is 26.9. The third-order valence-electron chi connectivity index (χ3n) is 8.85. The average molecular weight is 597 g/mol. The Bertz CT molecular complexity index is 1170. The predicted molar refractivity (Wildman–Crippen MR) is 165 cm³/mol. The minimum absolute atomic E-state index is 0.00259. The van der Waals surface area contributed by atoms with Crippen molar-refractivity contribution in [3.05, 3.63) is 71.8 Å². The molecule has 1 saturated carbocycles. The molecule has 2 amide bonds. The molecule has 5 N–H and O–H groups in total. The van der Waals surface area contributed by atoms with Crippen LogP contribution in [-0.2, 0) is 17.6 Å². The highest BCUT2D eigenvalue weighted by Gasteiger charge is 2.51. The molecular weight excluding hydrogens is 546 g/mol. The highest BCUT2D eigenvalue weighted by atomic mass is 16.4. The summed E-state index contributed by atoms with van der Waals surface area (Å²) < 4.78 is 0. The van der Waals surface area contributed by atoms with E-state index >= 15 is 0 Å². The largest absolute Gasteiger partial charge is 0.530 e. The molecule has 3 rings (SSSR count). The second-order valence-electron chi connectivity index (χ2n) is 13.6. The van der Waals surface area contributed by atoms with Gasteiger partial charge in [-0.15, -0.1) is 0 Å². The van der Waals surface area contributed by atoms with Gasteiger partial charge in [-0.25, -0.2) is 0 Å². The van der Waals surface area contributed by atoms with Crippen LogP contribution in [-0.4, -0.2) is 80.7 Å². The number of aliphatic hydroxyl groups is 3. The molecule has 0 saturated heterocycles. The summed E-state index contributed by atoms with van der Waals surface area (Å²) in [6.45, 7) is 9.08. The molecule has 2 aromatic rings. The van der Waals surface area contributed by atoms with E-state index in [-0.39, 0.29) is 19.5 Å². The fourth-order valence-electron chi connectivity index (χ4n) is 6.17. The maximum atomic E-state index is 13.5. The molecule has 43 heavy (non-hydrogen) atoms. The molecular formula is C34H50N3O6-. The Kier molecular flexibility index (Phi) is 11.8. The molecule has 0 aliphatic heterocycles. The fraction of sp³-hybridized carbons (Fsp3) is 0.588.